The van der Waals surface area contributed by atoms with Crippen LogP contribution in [-0.2, 0) is 19.1 Å². The molecule has 4 nitrogen and oxygen atoms in total. The molecule has 0 aliphatic rings. The minimum absolute atomic E-state index is 0.188. The van der Waals surface area contributed by atoms with Crippen molar-refractivity contribution in [3.8, 4) is 12.3 Å². The maximum absolute atomic E-state index is 11.1. The number of carbonyl (C=O) groups is 2. The Morgan fingerprint density at radius 1 is 1.31 bits per heavy atom. The highest BCUT2D eigenvalue weighted by Gasteiger charge is 2.08. The van der Waals surface area contributed by atoms with Crippen molar-refractivity contribution in [1.29, 1.82) is 0 Å². The minimum Gasteiger partial charge on any atom is -0.466 e. The van der Waals surface area contributed by atoms with Crippen LogP contribution in [0, 0.1) is 12.3 Å². The van der Waals surface area contributed by atoms with Crippen LogP contribution >= 0.6 is 0 Å². The summed E-state index contributed by atoms with van der Waals surface area (Å²) >= 11 is 0. The van der Waals surface area contributed by atoms with Crippen LogP contribution in [0.25, 0.3) is 0 Å². The molecule has 4 heteroatoms. The van der Waals surface area contributed by atoms with Gasteiger partial charge in [-0.3, -0.25) is 9.59 Å². The number of rotatable bonds is 7. The third-order valence-corrected chi connectivity index (χ3v) is 1.77. The summed E-state index contributed by atoms with van der Waals surface area (Å²) in [6, 6.07) is 0. The fourth-order valence-corrected chi connectivity index (χ4v) is 0.955. The number of hydrogen-bond donors (Lipinski definition) is 0. The standard InChI is InChI=1S/C12H18O4/c1-4-9-15-11(13)7-6-8-12(14)16-10(3)5-2/h2,10H,4,6-9H2,1,3H3. The van der Waals surface area contributed by atoms with Gasteiger partial charge in [0.2, 0.25) is 0 Å². The van der Waals surface area contributed by atoms with Gasteiger partial charge in [0.05, 0.1) is 6.61 Å². The average Bonchev–Trinajstić information content (AvgIpc) is 2.26. The van der Waals surface area contributed by atoms with Crippen molar-refractivity contribution >= 4 is 11.9 Å². The number of hydrogen-bond acceptors (Lipinski definition) is 4. The number of esters is 2. The fraction of sp³-hybridized carbons (Fsp3) is 0.667. The molecular weight excluding hydrogens is 208 g/mol. The topological polar surface area (TPSA) is 52.6 Å². The van der Waals surface area contributed by atoms with Crippen molar-refractivity contribution in [2.45, 2.75) is 45.6 Å². The summed E-state index contributed by atoms with van der Waals surface area (Å²) < 4.78 is 9.69. The quantitative estimate of drug-likeness (QED) is 0.489. The van der Waals surface area contributed by atoms with Gasteiger partial charge in [0.15, 0.2) is 6.10 Å². The van der Waals surface area contributed by atoms with E-state index in [4.69, 9.17) is 15.9 Å². The molecule has 0 aliphatic heterocycles. The lowest BCUT2D eigenvalue weighted by Gasteiger charge is -2.06. The minimum atomic E-state index is -0.514. The van der Waals surface area contributed by atoms with Crippen LogP contribution in [0.5, 0.6) is 0 Å². The van der Waals surface area contributed by atoms with Crippen LogP contribution in [0.2, 0.25) is 0 Å². The molecule has 0 aromatic rings. The van der Waals surface area contributed by atoms with Gasteiger partial charge >= 0.3 is 11.9 Å². The zero-order valence-corrected chi connectivity index (χ0v) is 9.82. The molecule has 0 bridgehead atoms. The van der Waals surface area contributed by atoms with E-state index in [-0.39, 0.29) is 24.8 Å². The van der Waals surface area contributed by atoms with Crippen molar-refractivity contribution in [3.63, 3.8) is 0 Å². The second kappa shape index (κ2) is 8.78. The van der Waals surface area contributed by atoms with Gasteiger partial charge in [0.1, 0.15) is 0 Å². The van der Waals surface area contributed by atoms with Gasteiger partial charge < -0.3 is 9.47 Å². The van der Waals surface area contributed by atoms with E-state index in [9.17, 15) is 9.59 Å². The first-order valence-electron chi connectivity index (χ1n) is 5.41. The molecule has 16 heavy (non-hydrogen) atoms. The molecule has 0 spiro atoms. The first kappa shape index (κ1) is 14.5. The maximum Gasteiger partial charge on any atom is 0.307 e. The summed E-state index contributed by atoms with van der Waals surface area (Å²) in [6.45, 7) is 3.97. The highest BCUT2D eigenvalue weighted by molar-refractivity contribution is 5.72. The van der Waals surface area contributed by atoms with Gasteiger partial charge in [-0.2, -0.15) is 0 Å². The Morgan fingerprint density at radius 3 is 2.50 bits per heavy atom. The van der Waals surface area contributed by atoms with Crippen molar-refractivity contribution in [1.82, 2.24) is 0 Å². The monoisotopic (exact) mass is 226 g/mol. The second-order valence-electron chi connectivity index (χ2n) is 3.37. The Bertz CT molecular complexity index is 265. The van der Waals surface area contributed by atoms with E-state index in [1.54, 1.807) is 6.92 Å². The molecule has 0 rings (SSSR count). The Hall–Kier alpha value is -1.50. The van der Waals surface area contributed by atoms with E-state index in [2.05, 4.69) is 5.92 Å². The first-order valence-corrected chi connectivity index (χ1v) is 5.41. The molecular formula is C12H18O4. The first-order chi connectivity index (χ1) is 7.60. The molecule has 1 atom stereocenters. The number of terminal acetylenes is 1. The van der Waals surface area contributed by atoms with Crippen molar-refractivity contribution in [2.24, 2.45) is 0 Å². The normalized spacial score (nSPS) is 11.3. The lowest BCUT2D eigenvalue weighted by molar-refractivity contribution is -0.146. The summed E-state index contributed by atoms with van der Waals surface area (Å²) in [5.41, 5.74) is 0. The summed E-state index contributed by atoms with van der Waals surface area (Å²) in [5.74, 6) is 1.63. The molecule has 0 heterocycles. The van der Waals surface area contributed by atoms with Crippen molar-refractivity contribution in [3.05, 3.63) is 0 Å². The van der Waals surface area contributed by atoms with E-state index in [0.717, 1.165) is 6.42 Å². The van der Waals surface area contributed by atoms with Gasteiger partial charge in [0, 0.05) is 12.8 Å². The summed E-state index contributed by atoms with van der Waals surface area (Å²) in [7, 11) is 0. The highest BCUT2D eigenvalue weighted by Crippen LogP contribution is 2.02. The van der Waals surface area contributed by atoms with Gasteiger partial charge in [-0.15, -0.1) is 6.42 Å². The van der Waals surface area contributed by atoms with E-state index in [1.807, 2.05) is 6.92 Å². The van der Waals surface area contributed by atoms with Gasteiger partial charge in [-0.25, -0.2) is 0 Å². The highest BCUT2D eigenvalue weighted by atomic mass is 16.5. The van der Waals surface area contributed by atoms with Crippen LogP contribution in [0.3, 0.4) is 0 Å². The zero-order chi connectivity index (χ0) is 12.4. The number of ether oxygens (including phenoxy) is 2. The predicted molar refractivity (Wildman–Crippen MR) is 59.5 cm³/mol. The van der Waals surface area contributed by atoms with E-state index in [1.165, 1.54) is 0 Å². The average molecular weight is 226 g/mol. The van der Waals surface area contributed by atoms with Crippen LogP contribution < -0.4 is 0 Å². The molecule has 0 saturated heterocycles. The van der Waals surface area contributed by atoms with Crippen LogP contribution in [-0.4, -0.2) is 24.6 Å². The molecule has 1 unspecified atom stereocenters. The SMILES string of the molecule is C#CC(C)OC(=O)CCCC(=O)OCCC. The zero-order valence-electron chi connectivity index (χ0n) is 9.82. The van der Waals surface area contributed by atoms with Crippen LogP contribution in [0.15, 0.2) is 0 Å². The van der Waals surface area contributed by atoms with E-state index >= 15 is 0 Å². The Morgan fingerprint density at radius 2 is 1.94 bits per heavy atom. The van der Waals surface area contributed by atoms with Crippen molar-refractivity contribution in [2.75, 3.05) is 6.61 Å². The fourth-order valence-electron chi connectivity index (χ4n) is 0.955. The third-order valence-electron chi connectivity index (χ3n) is 1.77. The van der Waals surface area contributed by atoms with Crippen LogP contribution in [0.4, 0.5) is 0 Å². The van der Waals surface area contributed by atoms with Crippen LogP contribution in [0.1, 0.15) is 39.5 Å². The number of carbonyl (C=O) groups excluding carboxylic acids is 2. The Balaban J connectivity index is 3.55. The largest absolute Gasteiger partial charge is 0.466 e. The van der Waals surface area contributed by atoms with Gasteiger partial charge in [-0.1, -0.05) is 12.8 Å². The second-order valence-corrected chi connectivity index (χ2v) is 3.37. The summed E-state index contributed by atoms with van der Waals surface area (Å²) in [6.07, 6.45) is 6.19. The van der Waals surface area contributed by atoms with Gasteiger partial charge in [0.25, 0.3) is 0 Å². The molecule has 0 aromatic carbocycles. The molecule has 90 valence electrons. The molecule has 0 radical (unpaired) electrons. The van der Waals surface area contributed by atoms with E-state index in [0.29, 0.717) is 13.0 Å². The molecule has 0 saturated carbocycles. The maximum atomic E-state index is 11.1. The molecule has 0 N–H and O–H groups in total. The third kappa shape index (κ3) is 7.86. The van der Waals surface area contributed by atoms with Crippen molar-refractivity contribution < 1.29 is 19.1 Å². The molecule has 0 aliphatic carbocycles. The smallest absolute Gasteiger partial charge is 0.307 e. The lowest BCUT2D eigenvalue weighted by Crippen LogP contribution is -2.13. The molecule has 0 fully saturated rings. The Kier molecular flexibility index (Phi) is 7.96. The summed E-state index contributed by atoms with van der Waals surface area (Å²) in [5, 5.41) is 0. The Labute approximate surface area is 96.3 Å². The molecule has 0 amide bonds. The molecule has 0 aromatic heterocycles. The van der Waals surface area contributed by atoms with E-state index < -0.39 is 6.10 Å². The predicted octanol–water partition coefficient (Wildman–Crippen LogP) is 1.67. The van der Waals surface area contributed by atoms with Gasteiger partial charge in [-0.05, 0) is 19.8 Å². The lowest BCUT2D eigenvalue weighted by atomic mass is 10.2. The summed E-state index contributed by atoms with van der Waals surface area (Å²) in [4.78, 5) is 22.2.